The van der Waals surface area contributed by atoms with Crippen molar-refractivity contribution >= 4 is 46.9 Å². The van der Waals surface area contributed by atoms with Crippen molar-refractivity contribution in [1.29, 1.82) is 0 Å². The van der Waals surface area contributed by atoms with Crippen molar-refractivity contribution < 1.29 is 43.7 Å². The molecule has 4 aromatic rings. The minimum atomic E-state index is -1.43. The second kappa shape index (κ2) is 19.2. The van der Waals surface area contributed by atoms with Gasteiger partial charge in [0.1, 0.15) is 41.8 Å². The topological polar surface area (TPSA) is 233 Å². The third kappa shape index (κ3) is 10.5. The number of carbonyl (C=O) groups is 6. The summed E-state index contributed by atoms with van der Waals surface area (Å²) < 4.78 is 5.00. The minimum absolute atomic E-state index is 0.0796. The van der Waals surface area contributed by atoms with E-state index in [0.29, 0.717) is 35.5 Å². The Kier molecular flexibility index (Phi) is 13.8. The molecule has 15 nitrogen and oxygen atoms in total. The van der Waals surface area contributed by atoms with Crippen LogP contribution in [-0.4, -0.2) is 101 Å². The number of phenolic OH excluding ortho intramolecular Hbond substituents is 2. The Morgan fingerprint density at radius 3 is 2.17 bits per heavy atom. The molecule has 0 aliphatic carbocycles. The van der Waals surface area contributed by atoms with E-state index in [1.165, 1.54) is 44.3 Å². The summed E-state index contributed by atoms with van der Waals surface area (Å²) in [6.45, 7) is 1.71. The zero-order chi connectivity index (χ0) is 43.1. The third-order valence-electron chi connectivity index (χ3n) is 10.5. The maximum atomic E-state index is 14.5. The molecule has 1 fully saturated rings. The fraction of sp³-hybridized carbons (Fsp3) is 0.318. The minimum Gasteiger partial charge on any atom is -0.507 e. The summed E-state index contributed by atoms with van der Waals surface area (Å²) in [5.74, 6) is -4.16. The van der Waals surface area contributed by atoms with Gasteiger partial charge in [0.25, 0.3) is 5.91 Å². The van der Waals surface area contributed by atoms with Crippen molar-refractivity contribution in [1.82, 2.24) is 26.2 Å². The summed E-state index contributed by atoms with van der Waals surface area (Å²) in [5.41, 5.74) is 8.78. The van der Waals surface area contributed by atoms with Gasteiger partial charge in [-0.15, -0.1) is 0 Å². The van der Waals surface area contributed by atoms with Gasteiger partial charge >= 0.3 is 0 Å². The van der Waals surface area contributed by atoms with E-state index in [0.717, 1.165) is 16.0 Å². The quantitative estimate of drug-likeness (QED) is 0.0768. The average molecular weight is 839 g/mol. The number of aromatic hydroxyl groups is 2. The number of Topliss-reactive ketones (excluding diaryl/α,β-unsaturated/α-hetero) is 1. The first-order valence-electron chi connectivity index (χ1n) is 19.6. The van der Waals surface area contributed by atoms with Crippen LogP contribution in [0.25, 0.3) is 22.3 Å². The number of hydrogen-bond donors (Lipinski definition) is 7. The molecule has 8 N–H and O–H groups in total. The molecule has 0 aromatic heterocycles. The highest BCUT2D eigenvalue weighted by atomic mass is 35.5. The number of halogens is 1. The molecule has 5 atom stereocenters. The van der Waals surface area contributed by atoms with Gasteiger partial charge in [0, 0.05) is 35.2 Å². The van der Waals surface area contributed by atoms with Gasteiger partial charge in [0.2, 0.25) is 23.6 Å². The third-order valence-corrected chi connectivity index (χ3v) is 10.8. The van der Waals surface area contributed by atoms with E-state index in [1.807, 2.05) is 12.1 Å². The lowest BCUT2D eigenvalue weighted by atomic mass is 9.93. The van der Waals surface area contributed by atoms with Crippen molar-refractivity contribution in [2.45, 2.75) is 62.9 Å². The van der Waals surface area contributed by atoms with Crippen LogP contribution >= 0.6 is 11.6 Å². The molecule has 1 unspecified atom stereocenters. The van der Waals surface area contributed by atoms with E-state index in [4.69, 9.17) is 22.1 Å². The van der Waals surface area contributed by atoms with Crippen molar-refractivity contribution in [2.24, 2.45) is 5.73 Å². The summed E-state index contributed by atoms with van der Waals surface area (Å²) in [6, 6.07) is 17.8. The number of nitrogens with one attached hydrogen (secondary N) is 4. The monoisotopic (exact) mass is 838 g/mol. The SMILES string of the molecule is C[C@@H]1NC(=O)[C@@H](N(C)C(=O)[C@H](CCCCN)NC(=O)c2ccc(-c3ccc(Cl)cc3)cc2)c2ccc(O)c(c2)-c2cc(ccc2O)C[C@@H](C(=O)NCC(=O)C2CO2)NC1=O. The molecule has 5 amide bonds. The molecule has 60 heavy (non-hydrogen) atoms. The van der Waals surface area contributed by atoms with E-state index in [2.05, 4.69) is 21.3 Å². The van der Waals surface area contributed by atoms with Gasteiger partial charge in [-0.1, -0.05) is 48.0 Å². The van der Waals surface area contributed by atoms with Gasteiger partial charge in [-0.05, 0) is 104 Å². The summed E-state index contributed by atoms with van der Waals surface area (Å²) in [6.07, 6.45) is 0.553. The fourth-order valence-corrected chi connectivity index (χ4v) is 7.11. The Morgan fingerprint density at radius 2 is 1.52 bits per heavy atom. The van der Waals surface area contributed by atoms with Crippen molar-refractivity contribution in [3.63, 3.8) is 0 Å². The zero-order valence-corrected chi connectivity index (χ0v) is 33.8. The molecule has 16 heteroatoms. The Balaban J connectivity index is 1.31. The van der Waals surface area contributed by atoms with Crippen LogP contribution in [0.2, 0.25) is 5.02 Å². The molecule has 0 saturated carbocycles. The number of ketones is 1. The van der Waals surface area contributed by atoms with Gasteiger partial charge < -0.3 is 46.9 Å². The van der Waals surface area contributed by atoms with Crippen molar-refractivity contribution in [3.8, 4) is 33.8 Å². The molecule has 314 valence electrons. The summed E-state index contributed by atoms with van der Waals surface area (Å²) in [4.78, 5) is 83.0. The average Bonchev–Trinajstić information content (AvgIpc) is 4.09. The number of ether oxygens (including phenoxy) is 1. The van der Waals surface area contributed by atoms with Crippen LogP contribution < -0.4 is 27.0 Å². The normalized spacial score (nSPS) is 19.1. The predicted octanol–water partition coefficient (Wildman–Crippen LogP) is 3.14. The van der Waals surface area contributed by atoms with Gasteiger partial charge in [-0.25, -0.2) is 0 Å². The number of fused-ring (bicyclic) bond motifs is 5. The molecule has 1 saturated heterocycles. The first-order chi connectivity index (χ1) is 28.7. The van der Waals surface area contributed by atoms with Gasteiger partial charge in [0.15, 0.2) is 5.78 Å². The van der Waals surface area contributed by atoms with Crippen LogP contribution in [-0.2, 0) is 35.1 Å². The number of likely N-dealkylation sites (N-methyl/N-ethyl adjacent to an activating group) is 1. The maximum Gasteiger partial charge on any atom is 0.251 e. The highest BCUT2D eigenvalue weighted by molar-refractivity contribution is 6.30. The molecule has 6 rings (SSSR count). The van der Waals surface area contributed by atoms with E-state index < -0.39 is 59.8 Å². The second-order valence-corrected chi connectivity index (χ2v) is 15.3. The molecule has 0 spiro atoms. The molecular weight excluding hydrogens is 792 g/mol. The Labute approximate surface area is 351 Å². The highest BCUT2D eigenvalue weighted by Gasteiger charge is 2.36. The van der Waals surface area contributed by atoms with Gasteiger partial charge in [0.05, 0.1) is 13.2 Å². The summed E-state index contributed by atoms with van der Waals surface area (Å²) >= 11 is 6.04. The van der Waals surface area contributed by atoms with Crippen LogP contribution in [0.3, 0.4) is 0 Å². The summed E-state index contributed by atoms with van der Waals surface area (Å²) in [7, 11) is 1.39. The molecular formula is C44H47ClN6O9. The fourth-order valence-electron chi connectivity index (χ4n) is 6.98. The molecule has 2 aliphatic heterocycles. The van der Waals surface area contributed by atoms with E-state index >= 15 is 0 Å². The number of epoxide rings is 1. The number of nitrogens with zero attached hydrogens (tertiary/aromatic N) is 1. The van der Waals surface area contributed by atoms with Crippen LogP contribution in [0.5, 0.6) is 11.5 Å². The number of rotatable bonds is 13. The Morgan fingerprint density at radius 1 is 0.883 bits per heavy atom. The number of benzene rings is 4. The number of unbranched alkanes of at least 4 members (excludes halogenated alkanes) is 1. The van der Waals surface area contributed by atoms with Crippen LogP contribution in [0.1, 0.15) is 53.7 Å². The lowest BCUT2D eigenvalue weighted by Crippen LogP contribution is -2.56. The number of nitrogens with two attached hydrogens (primary N) is 1. The smallest absolute Gasteiger partial charge is 0.251 e. The summed E-state index contributed by atoms with van der Waals surface area (Å²) in [5, 5.41) is 33.4. The van der Waals surface area contributed by atoms with Crippen molar-refractivity contribution in [3.05, 3.63) is 107 Å². The molecule has 4 aromatic carbocycles. The molecule has 2 aliphatic rings. The van der Waals surface area contributed by atoms with E-state index in [1.54, 1.807) is 42.5 Å². The lowest BCUT2D eigenvalue weighted by Gasteiger charge is -2.32. The van der Waals surface area contributed by atoms with Crippen LogP contribution in [0.15, 0.2) is 84.9 Å². The molecule has 4 bridgehead atoms. The Bertz CT molecular complexity index is 2270. The van der Waals surface area contributed by atoms with Gasteiger partial charge in [-0.2, -0.15) is 0 Å². The second-order valence-electron chi connectivity index (χ2n) is 14.9. The number of carbonyl (C=O) groups excluding carboxylic acids is 6. The number of hydrogen-bond acceptors (Lipinski definition) is 10. The van der Waals surface area contributed by atoms with Crippen molar-refractivity contribution in [2.75, 3.05) is 26.7 Å². The first-order valence-corrected chi connectivity index (χ1v) is 19.9. The van der Waals surface area contributed by atoms with Crippen LogP contribution in [0.4, 0.5) is 0 Å². The number of phenols is 2. The Hall–Kier alpha value is -6.29. The maximum absolute atomic E-state index is 14.5. The zero-order valence-electron chi connectivity index (χ0n) is 33.1. The molecule has 0 radical (unpaired) electrons. The van der Waals surface area contributed by atoms with E-state index in [9.17, 15) is 39.0 Å². The highest BCUT2D eigenvalue weighted by Crippen LogP contribution is 2.39. The number of amides is 5. The van der Waals surface area contributed by atoms with Gasteiger partial charge in [-0.3, -0.25) is 28.8 Å². The predicted molar refractivity (Wildman–Crippen MR) is 223 cm³/mol. The standard InChI is InChI=1S/C44H47ClN6O9/c1-24-40(55)50-34(42(57)47-22-37(54)38-23-60-38)20-25-6-16-35(52)31(19-25)32-21-29(13-17-36(32)53)39(43(58)48-24)51(2)44(59)33(5-3-4-18-46)49-41(56)28-9-7-26(8-10-28)27-11-14-30(45)15-12-27/h6-17,19,21,24,33-34,38-39,52-53H,3-5,18,20,22-23,46H2,1-2H3,(H,47,57)(H,48,58)(H,49,56)(H,50,55)/t24-,33-,34-,38?,39-/m0/s1. The largest absolute Gasteiger partial charge is 0.507 e. The van der Waals surface area contributed by atoms with E-state index in [-0.39, 0.29) is 60.0 Å². The lowest BCUT2D eigenvalue weighted by molar-refractivity contribution is -0.141. The van der Waals surface area contributed by atoms with Crippen LogP contribution in [0, 0.1) is 0 Å². The first kappa shape index (κ1) is 43.3. The molecule has 2 heterocycles.